The van der Waals surface area contributed by atoms with E-state index in [-0.39, 0.29) is 17.9 Å². The summed E-state index contributed by atoms with van der Waals surface area (Å²) >= 11 is 0. The Bertz CT molecular complexity index is 836. The van der Waals surface area contributed by atoms with Crippen molar-refractivity contribution in [1.82, 2.24) is 14.9 Å². The van der Waals surface area contributed by atoms with Gasteiger partial charge < -0.3 is 11.1 Å². The molecule has 3 N–H and O–H groups in total. The predicted octanol–water partition coefficient (Wildman–Crippen LogP) is 2.62. The van der Waals surface area contributed by atoms with Crippen molar-refractivity contribution in [3.8, 4) is 5.69 Å². The molecular formula is C19H22N4O. The molecular weight excluding hydrogens is 300 g/mol. The second-order valence-corrected chi connectivity index (χ2v) is 6.14. The molecule has 0 radical (unpaired) electrons. The lowest BCUT2D eigenvalue weighted by Crippen LogP contribution is -2.38. The second-order valence-electron chi connectivity index (χ2n) is 6.14. The number of benzene rings is 2. The fraction of sp³-hybridized carbons (Fsp3) is 0.263. The van der Waals surface area contributed by atoms with E-state index in [0.717, 1.165) is 22.3 Å². The lowest BCUT2D eigenvalue weighted by atomic mass is 10.0. The van der Waals surface area contributed by atoms with Gasteiger partial charge in [0.1, 0.15) is 6.33 Å². The van der Waals surface area contributed by atoms with E-state index in [4.69, 9.17) is 5.73 Å². The fourth-order valence-corrected chi connectivity index (χ4v) is 2.53. The molecule has 24 heavy (non-hydrogen) atoms. The molecule has 5 heteroatoms. The minimum Gasteiger partial charge on any atom is -0.352 e. The summed E-state index contributed by atoms with van der Waals surface area (Å²) in [7, 11) is 0. The van der Waals surface area contributed by atoms with Crippen LogP contribution in [-0.2, 0) is 11.3 Å². The smallest absolute Gasteiger partial charge is 0.224 e. The van der Waals surface area contributed by atoms with Gasteiger partial charge >= 0.3 is 0 Å². The Morgan fingerprint density at radius 1 is 1.17 bits per heavy atom. The van der Waals surface area contributed by atoms with E-state index < -0.39 is 0 Å². The predicted molar refractivity (Wildman–Crippen MR) is 95.7 cm³/mol. The number of para-hydroxylation sites is 2. The second kappa shape index (κ2) is 6.84. The Labute approximate surface area is 141 Å². The maximum absolute atomic E-state index is 12.0. The molecule has 5 nitrogen and oxygen atoms in total. The number of nitrogens with two attached hydrogens (primary N) is 1. The Kier molecular flexibility index (Phi) is 4.62. The zero-order valence-corrected chi connectivity index (χ0v) is 13.9. The Morgan fingerprint density at radius 3 is 2.58 bits per heavy atom. The molecule has 0 spiro atoms. The van der Waals surface area contributed by atoms with Crippen molar-refractivity contribution >= 4 is 16.9 Å². The number of aromatic nitrogens is 2. The van der Waals surface area contributed by atoms with Gasteiger partial charge in [-0.3, -0.25) is 9.36 Å². The van der Waals surface area contributed by atoms with Crippen molar-refractivity contribution in [3.05, 3.63) is 60.4 Å². The van der Waals surface area contributed by atoms with Gasteiger partial charge in [0.15, 0.2) is 0 Å². The summed E-state index contributed by atoms with van der Waals surface area (Å²) in [5.41, 5.74) is 9.89. The molecule has 0 fully saturated rings. The number of carbonyl (C=O) groups is 1. The first kappa shape index (κ1) is 16.2. The fourth-order valence-electron chi connectivity index (χ4n) is 2.53. The van der Waals surface area contributed by atoms with Gasteiger partial charge in [0.2, 0.25) is 5.91 Å². The van der Waals surface area contributed by atoms with Crippen molar-refractivity contribution < 1.29 is 4.79 Å². The molecule has 0 aliphatic carbocycles. The van der Waals surface area contributed by atoms with E-state index in [1.54, 1.807) is 0 Å². The van der Waals surface area contributed by atoms with Crippen molar-refractivity contribution in [2.75, 3.05) is 0 Å². The van der Waals surface area contributed by atoms with Crippen molar-refractivity contribution in [1.29, 1.82) is 0 Å². The van der Waals surface area contributed by atoms with Gasteiger partial charge in [0.25, 0.3) is 0 Å². The zero-order valence-electron chi connectivity index (χ0n) is 13.9. The first-order chi connectivity index (χ1) is 11.6. The molecule has 0 bridgehead atoms. The zero-order chi connectivity index (χ0) is 17.1. The highest BCUT2D eigenvalue weighted by Gasteiger charge is 2.16. The Hall–Kier alpha value is -2.66. The highest BCUT2D eigenvalue weighted by atomic mass is 16.1. The number of nitrogens with zero attached hydrogens (tertiary/aromatic N) is 2. The number of hydrogen-bond donors (Lipinski definition) is 2. The van der Waals surface area contributed by atoms with E-state index >= 15 is 0 Å². The van der Waals surface area contributed by atoms with Crippen LogP contribution in [0.15, 0.2) is 54.9 Å². The molecule has 3 aromatic rings. The topological polar surface area (TPSA) is 72.9 Å². The van der Waals surface area contributed by atoms with E-state index in [0.29, 0.717) is 6.54 Å². The lowest BCUT2D eigenvalue weighted by Gasteiger charge is -2.15. The van der Waals surface area contributed by atoms with Gasteiger partial charge in [-0.2, -0.15) is 0 Å². The standard InChI is InChI=1S/C19H22N4O/c1-13(14(2)20)19(24)21-11-15-7-9-16(10-8-15)23-12-22-17-5-3-4-6-18(17)23/h3-10,12-14H,11,20H2,1-2H3,(H,21,24). The molecule has 1 aromatic heterocycles. The molecule has 2 aromatic carbocycles. The number of carbonyl (C=O) groups excluding carboxylic acids is 1. The molecule has 0 aliphatic heterocycles. The van der Waals surface area contributed by atoms with E-state index in [1.165, 1.54) is 0 Å². The average molecular weight is 322 g/mol. The van der Waals surface area contributed by atoms with Crippen molar-refractivity contribution in [3.63, 3.8) is 0 Å². The van der Waals surface area contributed by atoms with Gasteiger partial charge in [0, 0.05) is 24.2 Å². The first-order valence-corrected chi connectivity index (χ1v) is 8.11. The van der Waals surface area contributed by atoms with Gasteiger partial charge in [-0.1, -0.05) is 31.2 Å². The van der Waals surface area contributed by atoms with Gasteiger partial charge in [-0.05, 0) is 36.8 Å². The molecule has 3 rings (SSSR count). The number of rotatable bonds is 5. The van der Waals surface area contributed by atoms with E-state index in [9.17, 15) is 4.79 Å². The third kappa shape index (κ3) is 3.31. The average Bonchev–Trinajstić information content (AvgIpc) is 3.03. The maximum atomic E-state index is 12.0. The summed E-state index contributed by atoms with van der Waals surface area (Å²) in [6.07, 6.45) is 1.83. The molecule has 0 saturated heterocycles. The third-order valence-corrected chi connectivity index (χ3v) is 4.34. The van der Waals surface area contributed by atoms with Crippen LogP contribution < -0.4 is 11.1 Å². The van der Waals surface area contributed by atoms with Crippen LogP contribution in [0, 0.1) is 5.92 Å². The Morgan fingerprint density at radius 2 is 1.88 bits per heavy atom. The monoisotopic (exact) mass is 322 g/mol. The van der Waals surface area contributed by atoms with E-state index in [1.807, 2.05) is 68.7 Å². The largest absolute Gasteiger partial charge is 0.352 e. The van der Waals surface area contributed by atoms with Crippen LogP contribution in [0.1, 0.15) is 19.4 Å². The van der Waals surface area contributed by atoms with Gasteiger partial charge in [0.05, 0.1) is 11.0 Å². The van der Waals surface area contributed by atoms with E-state index in [2.05, 4.69) is 14.9 Å². The molecule has 124 valence electrons. The third-order valence-electron chi connectivity index (χ3n) is 4.34. The minimum absolute atomic E-state index is 0.0188. The lowest BCUT2D eigenvalue weighted by molar-refractivity contribution is -0.125. The van der Waals surface area contributed by atoms with Gasteiger partial charge in [-0.15, -0.1) is 0 Å². The number of fused-ring (bicyclic) bond motifs is 1. The number of nitrogens with one attached hydrogen (secondary N) is 1. The van der Waals surface area contributed by atoms with Crippen LogP contribution in [0.4, 0.5) is 0 Å². The SMILES string of the molecule is CC(N)C(C)C(=O)NCc1ccc(-n2cnc3ccccc32)cc1. The van der Waals surface area contributed by atoms with Crippen LogP contribution >= 0.6 is 0 Å². The normalized spacial score (nSPS) is 13.6. The summed E-state index contributed by atoms with van der Waals surface area (Å²) in [4.78, 5) is 16.4. The molecule has 1 amide bonds. The number of amides is 1. The number of hydrogen-bond acceptors (Lipinski definition) is 3. The summed E-state index contributed by atoms with van der Waals surface area (Å²) < 4.78 is 2.05. The molecule has 2 atom stereocenters. The highest BCUT2D eigenvalue weighted by Crippen LogP contribution is 2.18. The van der Waals surface area contributed by atoms with Crippen molar-refractivity contribution in [2.45, 2.75) is 26.4 Å². The molecule has 0 aliphatic rings. The van der Waals surface area contributed by atoms with Crippen LogP contribution in [0.5, 0.6) is 0 Å². The van der Waals surface area contributed by atoms with Crippen LogP contribution in [0.3, 0.4) is 0 Å². The first-order valence-electron chi connectivity index (χ1n) is 8.11. The van der Waals surface area contributed by atoms with Gasteiger partial charge in [-0.25, -0.2) is 4.98 Å². The number of imidazole rings is 1. The van der Waals surface area contributed by atoms with Crippen LogP contribution in [-0.4, -0.2) is 21.5 Å². The van der Waals surface area contributed by atoms with Crippen LogP contribution in [0.2, 0.25) is 0 Å². The summed E-state index contributed by atoms with van der Waals surface area (Å²) in [5, 5.41) is 2.93. The quantitative estimate of drug-likeness (QED) is 0.758. The summed E-state index contributed by atoms with van der Waals surface area (Å²) in [5.74, 6) is -0.212. The maximum Gasteiger partial charge on any atom is 0.224 e. The van der Waals surface area contributed by atoms with Crippen molar-refractivity contribution in [2.24, 2.45) is 11.7 Å². The minimum atomic E-state index is -0.193. The summed E-state index contributed by atoms with van der Waals surface area (Å²) in [6, 6.07) is 16.0. The molecule has 1 heterocycles. The Balaban J connectivity index is 1.71. The molecule has 0 saturated carbocycles. The molecule has 2 unspecified atom stereocenters. The highest BCUT2D eigenvalue weighted by molar-refractivity contribution is 5.79. The summed E-state index contributed by atoms with van der Waals surface area (Å²) in [6.45, 7) is 4.18. The van der Waals surface area contributed by atoms with Crippen LogP contribution in [0.25, 0.3) is 16.7 Å².